The van der Waals surface area contributed by atoms with E-state index >= 15 is 0 Å². The van der Waals surface area contributed by atoms with Crippen LogP contribution in [0.1, 0.15) is 85.2 Å². The molecule has 0 spiro atoms. The number of nitrogens with zero attached hydrogens (tertiary/aromatic N) is 2. The fourth-order valence-electron chi connectivity index (χ4n) is 3.45. The van der Waals surface area contributed by atoms with E-state index in [2.05, 4.69) is 38.0 Å². The van der Waals surface area contributed by atoms with Gasteiger partial charge in [0.05, 0.1) is 5.69 Å². The quantitative estimate of drug-likeness (QED) is 0.526. The molecule has 2 aromatic rings. The standard InChI is InChI=1S/C23H34N2O2/c1-7-8-9-10-11-21-18(5)24-25(19(21)6)23(26)15-27-22-14-17(4)12-13-20(22)16(2)3/h12-14,16H,7-11,15H2,1-6H3. The van der Waals surface area contributed by atoms with Crippen molar-refractivity contribution in [3.63, 3.8) is 0 Å². The Labute approximate surface area is 163 Å². The molecule has 0 saturated carbocycles. The predicted octanol–water partition coefficient (Wildman–Crippen LogP) is 5.77. The third-order valence-electron chi connectivity index (χ3n) is 5.10. The van der Waals surface area contributed by atoms with Crippen LogP contribution < -0.4 is 4.74 Å². The van der Waals surface area contributed by atoms with Crippen LogP contribution in [0.2, 0.25) is 0 Å². The average Bonchev–Trinajstić information content (AvgIpc) is 2.91. The van der Waals surface area contributed by atoms with Crippen molar-refractivity contribution in [3.05, 3.63) is 46.3 Å². The van der Waals surface area contributed by atoms with Gasteiger partial charge >= 0.3 is 0 Å². The summed E-state index contributed by atoms with van der Waals surface area (Å²) in [6.07, 6.45) is 5.84. The van der Waals surface area contributed by atoms with E-state index < -0.39 is 0 Å². The van der Waals surface area contributed by atoms with Crippen LogP contribution in [0.5, 0.6) is 5.75 Å². The Hall–Kier alpha value is -2.10. The van der Waals surface area contributed by atoms with Crippen molar-refractivity contribution in [2.24, 2.45) is 0 Å². The van der Waals surface area contributed by atoms with Gasteiger partial charge in [0.25, 0.3) is 5.91 Å². The topological polar surface area (TPSA) is 44.1 Å². The minimum Gasteiger partial charge on any atom is -0.483 e. The number of benzene rings is 1. The first kappa shape index (κ1) is 21.2. The van der Waals surface area contributed by atoms with Gasteiger partial charge < -0.3 is 4.74 Å². The minimum absolute atomic E-state index is 0.000405. The highest BCUT2D eigenvalue weighted by Gasteiger charge is 2.17. The molecule has 0 fully saturated rings. The monoisotopic (exact) mass is 370 g/mol. The van der Waals surface area contributed by atoms with Crippen LogP contribution in [-0.4, -0.2) is 22.3 Å². The van der Waals surface area contributed by atoms with Crippen molar-refractivity contribution in [1.29, 1.82) is 0 Å². The van der Waals surface area contributed by atoms with Gasteiger partial charge in [0.1, 0.15) is 5.75 Å². The fraction of sp³-hybridized carbons (Fsp3) is 0.565. The third-order valence-corrected chi connectivity index (χ3v) is 5.10. The Morgan fingerprint density at radius 2 is 1.89 bits per heavy atom. The molecule has 1 aromatic carbocycles. The molecule has 4 heteroatoms. The number of unbranched alkanes of at least 4 members (excludes halogenated alkanes) is 3. The molecule has 4 nitrogen and oxygen atoms in total. The van der Waals surface area contributed by atoms with Gasteiger partial charge in [-0.05, 0) is 62.3 Å². The zero-order valence-electron chi connectivity index (χ0n) is 17.8. The van der Waals surface area contributed by atoms with E-state index in [1.54, 1.807) is 0 Å². The van der Waals surface area contributed by atoms with Gasteiger partial charge in [-0.2, -0.15) is 5.10 Å². The molecule has 0 aliphatic rings. The maximum atomic E-state index is 12.7. The Morgan fingerprint density at radius 1 is 1.15 bits per heavy atom. The molecule has 148 valence electrons. The molecule has 1 heterocycles. The number of hydrogen-bond acceptors (Lipinski definition) is 3. The lowest BCUT2D eigenvalue weighted by molar-refractivity contribution is 0.0817. The molecule has 0 unspecified atom stereocenters. The molecule has 0 aliphatic heterocycles. The summed E-state index contributed by atoms with van der Waals surface area (Å²) in [4.78, 5) is 12.7. The Kier molecular flexibility index (Phi) is 7.64. The van der Waals surface area contributed by atoms with Crippen molar-refractivity contribution in [1.82, 2.24) is 9.78 Å². The smallest absolute Gasteiger partial charge is 0.284 e. The number of aromatic nitrogens is 2. The summed E-state index contributed by atoms with van der Waals surface area (Å²) < 4.78 is 7.43. The molecule has 0 N–H and O–H groups in total. The lowest BCUT2D eigenvalue weighted by Crippen LogP contribution is -2.22. The number of ether oxygens (including phenoxy) is 1. The highest BCUT2D eigenvalue weighted by molar-refractivity contribution is 5.80. The van der Waals surface area contributed by atoms with Gasteiger partial charge in [-0.25, -0.2) is 4.68 Å². The summed E-state index contributed by atoms with van der Waals surface area (Å²) >= 11 is 0. The molecular formula is C23H34N2O2. The number of carbonyl (C=O) groups excluding carboxylic acids is 1. The van der Waals surface area contributed by atoms with Crippen LogP contribution in [0.4, 0.5) is 0 Å². The average molecular weight is 371 g/mol. The van der Waals surface area contributed by atoms with Gasteiger partial charge in [0.2, 0.25) is 0 Å². The molecule has 1 aromatic heterocycles. The Balaban J connectivity index is 2.08. The van der Waals surface area contributed by atoms with E-state index in [1.807, 2.05) is 26.8 Å². The van der Waals surface area contributed by atoms with Gasteiger partial charge in [0.15, 0.2) is 6.61 Å². The summed E-state index contributed by atoms with van der Waals surface area (Å²) in [5, 5.41) is 4.48. The van der Waals surface area contributed by atoms with Crippen molar-refractivity contribution in [2.75, 3.05) is 6.61 Å². The normalized spacial score (nSPS) is 11.2. The lowest BCUT2D eigenvalue weighted by atomic mass is 10.0. The van der Waals surface area contributed by atoms with E-state index in [4.69, 9.17) is 4.74 Å². The molecule has 0 radical (unpaired) electrons. The highest BCUT2D eigenvalue weighted by atomic mass is 16.5. The van der Waals surface area contributed by atoms with Crippen LogP contribution in [0, 0.1) is 20.8 Å². The third kappa shape index (κ3) is 5.44. The van der Waals surface area contributed by atoms with Crippen molar-refractivity contribution in [3.8, 4) is 5.75 Å². The first-order chi connectivity index (χ1) is 12.8. The zero-order chi connectivity index (χ0) is 20.0. The number of aryl methyl sites for hydroxylation is 2. The van der Waals surface area contributed by atoms with Crippen molar-refractivity contribution in [2.45, 2.75) is 79.6 Å². The van der Waals surface area contributed by atoms with E-state index in [9.17, 15) is 4.79 Å². The van der Waals surface area contributed by atoms with E-state index in [0.717, 1.165) is 41.1 Å². The SMILES string of the molecule is CCCCCCc1c(C)nn(C(=O)COc2cc(C)ccc2C(C)C)c1C. The first-order valence-corrected chi connectivity index (χ1v) is 10.2. The van der Waals surface area contributed by atoms with E-state index in [1.165, 1.54) is 29.5 Å². The van der Waals surface area contributed by atoms with Crippen molar-refractivity contribution >= 4 is 5.91 Å². The number of hydrogen-bond donors (Lipinski definition) is 0. The molecule has 27 heavy (non-hydrogen) atoms. The number of rotatable bonds is 9. The van der Waals surface area contributed by atoms with Gasteiger partial charge in [-0.3, -0.25) is 4.79 Å². The van der Waals surface area contributed by atoms with Gasteiger partial charge in [-0.15, -0.1) is 0 Å². The number of carbonyl (C=O) groups is 1. The molecule has 0 amide bonds. The van der Waals surface area contributed by atoms with Crippen LogP contribution in [0.15, 0.2) is 18.2 Å². The molecule has 0 saturated heterocycles. The molecule has 0 atom stereocenters. The van der Waals surface area contributed by atoms with Gasteiger partial charge in [-0.1, -0.05) is 52.2 Å². The van der Waals surface area contributed by atoms with Crippen LogP contribution in [0.25, 0.3) is 0 Å². The predicted molar refractivity (Wildman–Crippen MR) is 111 cm³/mol. The second-order valence-electron chi connectivity index (χ2n) is 7.75. The summed E-state index contributed by atoms with van der Waals surface area (Å²) in [5.41, 5.74) is 5.36. The maximum Gasteiger partial charge on any atom is 0.284 e. The minimum atomic E-state index is -0.119. The maximum absolute atomic E-state index is 12.7. The molecule has 2 rings (SSSR count). The van der Waals surface area contributed by atoms with Crippen LogP contribution in [-0.2, 0) is 6.42 Å². The van der Waals surface area contributed by atoms with Crippen molar-refractivity contribution < 1.29 is 9.53 Å². The highest BCUT2D eigenvalue weighted by Crippen LogP contribution is 2.27. The fourth-order valence-corrected chi connectivity index (χ4v) is 3.45. The first-order valence-electron chi connectivity index (χ1n) is 10.2. The molecule has 0 bridgehead atoms. The second kappa shape index (κ2) is 9.72. The zero-order valence-corrected chi connectivity index (χ0v) is 17.8. The van der Waals surface area contributed by atoms with Gasteiger partial charge in [0, 0.05) is 5.69 Å². The lowest BCUT2D eigenvalue weighted by Gasteiger charge is -2.14. The van der Waals surface area contributed by atoms with E-state index in [-0.39, 0.29) is 12.5 Å². The summed E-state index contributed by atoms with van der Waals surface area (Å²) in [6.45, 7) is 12.5. The summed E-state index contributed by atoms with van der Waals surface area (Å²) in [7, 11) is 0. The summed E-state index contributed by atoms with van der Waals surface area (Å²) in [6, 6.07) is 6.16. The van der Waals surface area contributed by atoms with Crippen LogP contribution >= 0.6 is 0 Å². The van der Waals surface area contributed by atoms with E-state index in [0.29, 0.717) is 5.92 Å². The molecule has 0 aliphatic carbocycles. The Bertz CT molecular complexity index is 775. The molecular weight excluding hydrogens is 336 g/mol. The Morgan fingerprint density at radius 3 is 2.56 bits per heavy atom. The summed E-state index contributed by atoms with van der Waals surface area (Å²) in [5.74, 6) is 1.02. The second-order valence-corrected chi connectivity index (χ2v) is 7.75. The largest absolute Gasteiger partial charge is 0.483 e. The van der Waals surface area contributed by atoms with Crippen LogP contribution in [0.3, 0.4) is 0 Å².